The Balaban J connectivity index is 2.92. The van der Waals surface area contributed by atoms with E-state index in [1.54, 1.807) is 0 Å². The zero-order valence-electron chi connectivity index (χ0n) is 12.3. The van der Waals surface area contributed by atoms with Crippen molar-refractivity contribution in [1.29, 1.82) is 0 Å². The van der Waals surface area contributed by atoms with Gasteiger partial charge in [0.15, 0.2) is 0 Å². The van der Waals surface area contributed by atoms with Gasteiger partial charge in [-0.2, -0.15) is 15.0 Å². The molecular formula is C12H24N6O2. The van der Waals surface area contributed by atoms with Crippen LogP contribution in [-0.2, 0) is 0 Å². The van der Waals surface area contributed by atoms with Crippen LogP contribution in [0.4, 0.5) is 11.9 Å². The molecule has 0 bridgehead atoms. The summed E-state index contributed by atoms with van der Waals surface area (Å²) < 4.78 is 5.40. The van der Waals surface area contributed by atoms with Crippen LogP contribution in [0.2, 0.25) is 0 Å². The second-order valence-electron chi connectivity index (χ2n) is 4.77. The van der Waals surface area contributed by atoms with Gasteiger partial charge in [0.2, 0.25) is 11.9 Å². The van der Waals surface area contributed by atoms with Crippen LogP contribution in [0.3, 0.4) is 0 Å². The summed E-state index contributed by atoms with van der Waals surface area (Å²) in [5.74, 6) is 5.95. The summed E-state index contributed by atoms with van der Waals surface area (Å²) >= 11 is 0. The monoisotopic (exact) mass is 284 g/mol. The number of hydrogen-bond donors (Lipinski definition) is 4. The summed E-state index contributed by atoms with van der Waals surface area (Å²) in [5, 5.41) is 12.3. The predicted octanol–water partition coefficient (Wildman–Crippen LogP) is 0.909. The van der Waals surface area contributed by atoms with Gasteiger partial charge in [0.1, 0.15) is 0 Å². The molecular weight excluding hydrogens is 260 g/mol. The van der Waals surface area contributed by atoms with Gasteiger partial charge in [-0.25, -0.2) is 5.84 Å². The van der Waals surface area contributed by atoms with E-state index in [9.17, 15) is 0 Å². The third-order valence-corrected chi connectivity index (χ3v) is 3.04. The Hall–Kier alpha value is -1.67. The zero-order chi connectivity index (χ0) is 15.0. The van der Waals surface area contributed by atoms with Crippen LogP contribution in [0.5, 0.6) is 6.01 Å². The molecule has 0 fully saturated rings. The molecule has 20 heavy (non-hydrogen) atoms. The molecule has 1 atom stereocenters. The molecule has 0 aromatic carbocycles. The highest BCUT2D eigenvalue weighted by Gasteiger charge is 2.23. The first-order valence-electron chi connectivity index (χ1n) is 6.81. The number of nitrogen functional groups attached to an aromatic ring is 1. The van der Waals surface area contributed by atoms with Crippen molar-refractivity contribution in [3.8, 4) is 6.01 Å². The van der Waals surface area contributed by atoms with Crippen LogP contribution >= 0.6 is 0 Å². The highest BCUT2D eigenvalue weighted by Crippen LogP contribution is 2.21. The van der Waals surface area contributed by atoms with Crippen molar-refractivity contribution in [2.24, 2.45) is 5.84 Å². The molecule has 8 nitrogen and oxygen atoms in total. The highest BCUT2D eigenvalue weighted by molar-refractivity contribution is 5.37. The third kappa shape index (κ3) is 4.78. The first-order chi connectivity index (χ1) is 9.56. The number of hydrogen-bond acceptors (Lipinski definition) is 8. The second kappa shape index (κ2) is 7.81. The fourth-order valence-electron chi connectivity index (χ4n) is 1.58. The van der Waals surface area contributed by atoms with Gasteiger partial charge in [-0.15, -0.1) is 0 Å². The summed E-state index contributed by atoms with van der Waals surface area (Å²) in [4.78, 5) is 12.4. The molecule has 0 saturated heterocycles. The van der Waals surface area contributed by atoms with E-state index < -0.39 is 0 Å². The average Bonchev–Trinajstić information content (AvgIpc) is 2.45. The number of nitrogens with one attached hydrogen (secondary N) is 2. The molecule has 1 unspecified atom stereocenters. The number of hydrazine groups is 1. The van der Waals surface area contributed by atoms with Crippen LogP contribution in [0.15, 0.2) is 0 Å². The number of anilines is 2. The molecule has 0 aliphatic heterocycles. The van der Waals surface area contributed by atoms with Gasteiger partial charge in [0.05, 0.1) is 6.61 Å². The van der Waals surface area contributed by atoms with Crippen molar-refractivity contribution in [1.82, 2.24) is 15.0 Å². The van der Waals surface area contributed by atoms with E-state index in [2.05, 4.69) is 25.7 Å². The molecule has 5 N–H and O–H groups in total. The van der Waals surface area contributed by atoms with Gasteiger partial charge in [-0.3, -0.25) is 5.43 Å². The molecule has 0 radical (unpaired) electrons. The molecule has 8 heteroatoms. The summed E-state index contributed by atoms with van der Waals surface area (Å²) in [6, 6.07) is 0.222. The van der Waals surface area contributed by atoms with E-state index in [1.165, 1.54) is 0 Å². The van der Waals surface area contributed by atoms with E-state index in [4.69, 9.17) is 15.7 Å². The first kappa shape index (κ1) is 16.4. The summed E-state index contributed by atoms with van der Waals surface area (Å²) in [6.07, 6.45) is 2.26. The zero-order valence-corrected chi connectivity index (χ0v) is 12.3. The number of rotatable bonds is 9. The minimum absolute atomic E-state index is 0.0869. The van der Waals surface area contributed by atoms with Crippen LogP contribution in [0.1, 0.15) is 40.0 Å². The molecule has 114 valence electrons. The van der Waals surface area contributed by atoms with E-state index in [-0.39, 0.29) is 24.1 Å². The Morgan fingerprint density at radius 2 is 1.95 bits per heavy atom. The Bertz CT molecular complexity index is 417. The van der Waals surface area contributed by atoms with Gasteiger partial charge >= 0.3 is 6.01 Å². The van der Waals surface area contributed by atoms with Crippen molar-refractivity contribution >= 4 is 11.9 Å². The largest absolute Gasteiger partial charge is 0.463 e. The summed E-state index contributed by atoms with van der Waals surface area (Å²) in [7, 11) is 0. The van der Waals surface area contributed by atoms with Gasteiger partial charge in [0.25, 0.3) is 0 Å². The molecule has 1 aromatic heterocycles. The summed E-state index contributed by atoms with van der Waals surface area (Å²) in [6.45, 7) is 6.63. The number of nitrogens with zero attached hydrogens (tertiary/aromatic N) is 3. The maximum Gasteiger partial charge on any atom is 0.323 e. The van der Waals surface area contributed by atoms with Gasteiger partial charge in [-0.1, -0.05) is 13.8 Å². The van der Waals surface area contributed by atoms with Crippen molar-refractivity contribution in [3.05, 3.63) is 0 Å². The molecule has 0 aliphatic rings. The normalized spacial score (nSPS) is 13.7. The molecule has 0 spiro atoms. The number of ether oxygens (including phenoxy) is 1. The van der Waals surface area contributed by atoms with Gasteiger partial charge in [0, 0.05) is 12.1 Å². The van der Waals surface area contributed by atoms with Crippen molar-refractivity contribution in [3.63, 3.8) is 0 Å². The quantitative estimate of drug-likeness (QED) is 0.390. The lowest BCUT2D eigenvalue weighted by Gasteiger charge is -2.29. The average molecular weight is 284 g/mol. The molecule has 0 saturated carbocycles. The number of aliphatic hydroxyl groups excluding tert-OH is 1. The Morgan fingerprint density at radius 1 is 1.25 bits per heavy atom. The minimum atomic E-state index is -0.302. The topological polar surface area (TPSA) is 118 Å². The Morgan fingerprint density at radius 3 is 2.50 bits per heavy atom. The van der Waals surface area contributed by atoms with Crippen LogP contribution in [0.25, 0.3) is 0 Å². The van der Waals surface area contributed by atoms with Crippen LogP contribution < -0.4 is 21.3 Å². The number of aromatic nitrogens is 3. The predicted molar refractivity (Wildman–Crippen MR) is 77.4 cm³/mol. The van der Waals surface area contributed by atoms with E-state index in [1.807, 2.05) is 20.8 Å². The number of aliphatic hydroxyl groups is 1. The van der Waals surface area contributed by atoms with E-state index in [0.717, 1.165) is 12.8 Å². The number of nitrogens with two attached hydrogens (primary N) is 1. The maximum atomic E-state index is 9.13. The molecule has 1 heterocycles. The smallest absolute Gasteiger partial charge is 0.323 e. The molecule has 1 rings (SSSR count). The van der Waals surface area contributed by atoms with Gasteiger partial charge in [-0.05, 0) is 26.2 Å². The molecule has 0 amide bonds. The van der Waals surface area contributed by atoms with E-state index in [0.29, 0.717) is 19.0 Å². The lowest BCUT2D eigenvalue weighted by Crippen LogP contribution is -2.36. The fourth-order valence-corrected chi connectivity index (χ4v) is 1.58. The standard InChI is InChI=1S/C12H24N6O2/c1-4-8-20-11-15-9(14-10(16-11)18-13)17-12(3,5-2)6-7-19/h19H,4-8,13H2,1-3H3,(H2,14,15,16,17,18). The Kier molecular flexibility index (Phi) is 6.40. The third-order valence-electron chi connectivity index (χ3n) is 3.04. The Labute approximate surface area is 119 Å². The second-order valence-corrected chi connectivity index (χ2v) is 4.77. The minimum Gasteiger partial charge on any atom is -0.463 e. The van der Waals surface area contributed by atoms with Crippen LogP contribution in [-0.4, -0.2) is 38.8 Å². The maximum absolute atomic E-state index is 9.13. The SMILES string of the molecule is CCCOc1nc(NN)nc(NC(C)(CC)CCO)n1. The molecule has 1 aromatic rings. The lowest BCUT2D eigenvalue weighted by molar-refractivity contribution is 0.251. The lowest BCUT2D eigenvalue weighted by atomic mass is 9.95. The van der Waals surface area contributed by atoms with Crippen molar-refractivity contribution in [2.45, 2.75) is 45.6 Å². The molecule has 0 aliphatic carbocycles. The van der Waals surface area contributed by atoms with Crippen molar-refractivity contribution < 1.29 is 9.84 Å². The van der Waals surface area contributed by atoms with Crippen molar-refractivity contribution in [2.75, 3.05) is 24.0 Å². The van der Waals surface area contributed by atoms with E-state index >= 15 is 0 Å². The fraction of sp³-hybridized carbons (Fsp3) is 0.750. The first-order valence-corrected chi connectivity index (χ1v) is 6.81. The van der Waals surface area contributed by atoms with Crippen LogP contribution in [0, 0.1) is 0 Å². The highest BCUT2D eigenvalue weighted by atomic mass is 16.5. The summed E-state index contributed by atoms with van der Waals surface area (Å²) in [5.41, 5.74) is 2.09. The van der Waals surface area contributed by atoms with Gasteiger partial charge < -0.3 is 15.2 Å².